The van der Waals surface area contributed by atoms with Crippen molar-refractivity contribution in [2.75, 3.05) is 0 Å². The highest BCUT2D eigenvalue weighted by atomic mass is 79.9. The summed E-state index contributed by atoms with van der Waals surface area (Å²) in [6, 6.07) is 8.34. The van der Waals surface area contributed by atoms with Crippen LogP contribution in [0.15, 0.2) is 34.1 Å². The summed E-state index contributed by atoms with van der Waals surface area (Å²) in [6.07, 6.45) is 2.07. The minimum absolute atomic E-state index is 0.569. The second kappa shape index (κ2) is 5.78. The zero-order valence-corrected chi connectivity index (χ0v) is 12.5. The number of hydrogen-bond acceptors (Lipinski definition) is 2. The van der Waals surface area contributed by atoms with E-state index in [0.29, 0.717) is 5.92 Å². The molecular weight excluding hydrogens is 294 g/mol. The van der Waals surface area contributed by atoms with Gasteiger partial charge in [-0.1, -0.05) is 48.0 Å². The lowest BCUT2D eigenvalue weighted by Crippen LogP contribution is -1.93. The van der Waals surface area contributed by atoms with Gasteiger partial charge in [0.05, 0.1) is 10.7 Å². The molecule has 0 bridgehead atoms. The van der Waals surface area contributed by atoms with Gasteiger partial charge in [-0.15, -0.1) is 11.3 Å². The Morgan fingerprint density at radius 2 is 2.12 bits per heavy atom. The first-order valence-corrected chi connectivity index (χ1v) is 7.55. The van der Waals surface area contributed by atoms with Crippen molar-refractivity contribution >= 4 is 27.3 Å². The van der Waals surface area contributed by atoms with Crippen LogP contribution < -0.4 is 0 Å². The second-order valence-electron chi connectivity index (χ2n) is 4.24. The molecule has 0 amide bonds. The van der Waals surface area contributed by atoms with E-state index < -0.39 is 0 Å². The van der Waals surface area contributed by atoms with Crippen LogP contribution >= 0.6 is 27.3 Å². The van der Waals surface area contributed by atoms with Gasteiger partial charge >= 0.3 is 0 Å². The fourth-order valence-electron chi connectivity index (χ4n) is 1.65. The molecule has 2 aromatic rings. The molecule has 3 heteroatoms. The molecule has 0 spiro atoms. The smallest absolute Gasteiger partial charge is 0.0972 e. The Hall–Kier alpha value is -0.670. The summed E-state index contributed by atoms with van der Waals surface area (Å²) in [4.78, 5) is 4.72. The Balaban J connectivity index is 2.14. The molecule has 0 saturated carbocycles. The lowest BCUT2D eigenvalue weighted by atomic mass is 10.1. The van der Waals surface area contributed by atoms with E-state index in [-0.39, 0.29) is 0 Å². The summed E-state index contributed by atoms with van der Waals surface area (Å²) in [6.45, 7) is 4.44. The average molecular weight is 310 g/mol. The quantitative estimate of drug-likeness (QED) is 0.773. The monoisotopic (exact) mass is 309 g/mol. The van der Waals surface area contributed by atoms with Gasteiger partial charge in [0.25, 0.3) is 0 Å². The van der Waals surface area contributed by atoms with Crippen LogP contribution in [0.5, 0.6) is 0 Å². The molecule has 0 aliphatic carbocycles. The van der Waals surface area contributed by atoms with Crippen molar-refractivity contribution in [3.8, 4) is 0 Å². The van der Waals surface area contributed by atoms with E-state index in [1.165, 1.54) is 20.7 Å². The van der Waals surface area contributed by atoms with Crippen LogP contribution in [0.3, 0.4) is 0 Å². The van der Waals surface area contributed by atoms with Gasteiger partial charge in [-0.25, -0.2) is 4.98 Å². The number of thiazole rings is 1. The zero-order chi connectivity index (χ0) is 12.3. The highest BCUT2D eigenvalue weighted by Gasteiger charge is 2.09. The molecular formula is C14H16BrNS. The van der Waals surface area contributed by atoms with E-state index in [1.807, 2.05) is 6.07 Å². The predicted octanol–water partition coefficient (Wildman–Crippen LogP) is 5.01. The number of rotatable bonds is 4. The maximum absolute atomic E-state index is 4.72. The minimum Gasteiger partial charge on any atom is -0.246 e. The normalized spacial score (nSPS) is 12.6. The topological polar surface area (TPSA) is 12.9 Å². The van der Waals surface area contributed by atoms with Gasteiger partial charge in [-0.3, -0.25) is 0 Å². The molecule has 17 heavy (non-hydrogen) atoms. The summed E-state index contributed by atoms with van der Waals surface area (Å²) in [5.41, 5.74) is 2.54. The van der Waals surface area contributed by atoms with E-state index >= 15 is 0 Å². The molecule has 0 aliphatic heterocycles. The fourth-order valence-corrected chi connectivity index (χ4v) is 3.01. The lowest BCUT2D eigenvalue weighted by Gasteiger charge is -2.03. The molecule has 1 aromatic heterocycles. The van der Waals surface area contributed by atoms with Crippen LogP contribution in [-0.2, 0) is 6.42 Å². The Bertz CT molecular complexity index is 492. The van der Waals surface area contributed by atoms with Gasteiger partial charge in [-0.05, 0) is 24.0 Å². The average Bonchev–Trinajstić information content (AvgIpc) is 2.80. The van der Waals surface area contributed by atoms with Crippen LogP contribution in [0.25, 0.3) is 0 Å². The predicted molar refractivity (Wildman–Crippen MR) is 77.8 cm³/mol. The lowest BCUT2D eigenvalue weighted by molar-refractivity contribution is 0.710. The van der Waals surface area contributed by atoms with Crippen LogP contribution in [0.1, 0.15) is 42.5 Å². The molecule has 0 fully saturated rings. The van der Waals surface area contributed by atoms with E-state index in [4.69, 9.17) is 4.98 Å². The molecule has 1 unspecified atom stereocenters. The van der Waals surface area contributed by atoms with Gasteiger partial charge in [0.15, 0.2) is 0 Å². The number of benzene rings is 1. The summed E-state index contributed by atoms with van der Waals surface area (Å²) in [5.74, 6) is 0.569. The molecule has 1 aromatic carbocycles. The second-order valence-corrected chi connectivity index (χ2v) is 6.04. The van der Waals surface area contributed by atoms with Gasteiger partial charge in [0.1, 0.15) is 0 Å². The van der Waals surface area contributed by atoms with Gasteiger partial charge < -0.3 is 0 Å². The molecule has 1 nitrogen and oxygen atoms in total. The summed E-state index contributed by atoms with van der Waals surface area (Å²) in [7, 11) is 0. The van der Waals surface area contributed by atoms with Gasteiger partial charge in [0, 0.05) is 16.3 Å². The molecule has 0 saturated heterocycles. The SMILES string of the molecule is CCC(C)c1csc(Cc2ccccc2Br)n1. The van der Waals surface area contributed by atoms with E-state index in [2.05, 4.69) is 53.4 Å². The number of halogens is 1. The number of nitrogens with zero attached hydrogens (tertiary/aromatic N) is 1. The maximum Gasteiger partial charge on any atom is 0.0972 e. The molecule has 0 aliphatic rings. The Morgan fingerprint density at radius 1 is 1.35 bits per heavy atom. The third kappa shape index (κ3) is 3.17. The van der Waals surface area contributed by atoms with Crippen LogP contribution in [0.4, 0.5) is 0 Å². The highest BCUT2D eigenvalue weighted by Crippen LogP contribution is 2.25. The first-order valence-electron chi connectivity index (χ1n) is 5.88. The summed E-state index contributed by atoms with van der Waals surface area (Å²) < 4.78 is 1.17. The van der Waals surface area contributed by atoms with Crippen molar-refractivity contribution in [1.82, 2.24) is 4.98 Å². The first kappa shape index (κ1) is 12.8. The molecule has 2 rings (SSSR count). The zero-order valence-electron chi connectivity index (χ0n) is 10.1. The fraction of sp³-hybridized carbons (Fsp3) is 0.357. The third-order valence-corrected chi connectivity index (χ3v) is 4.63. The van der Waals surface area contributed by atoms with E-state index in [9.17, 15) is 0 Å². The van der Waals surface area contributed by atoms with E-state index in [0.717, 1.165) is 12.8 Å². The standard InChI is InChI=1S/C14H16BrNS/c1-3-10(2)13-9-17-14(16-13)8-11-6-4-5-7-12(11)15/h4-7,9-10H,3,8H2,1-2H3. The third-order valence-electron chi connectivity index (χ3n) is 2.99. The van der Waals surface area contributed by atoms with Crippen molar-refractivity contribution in [2.45, 2.75) is 32.6 Å². The Kier molecular flexibility index (Phi) is 4.35. The highest BCUT2D eigenvalue weighted by molar-refractivity contribution is 9.10. The molecule has 1 atom stereocenters. The number of aromatic nitrogens is 1. The first-order chi connectivity index (χ1) is 8.20. The van der Waals surface area contributed by atoms with Crippen LogP contribution in [-0.4, -0.2) is 4.98 Å². The van der Waals surface area contributed by atoms with Crippen molar-refractivity contribution in [1.29, 1.82) is 0 Å². The van der Waals surface area contributed by atoms with Crippen LogP contribution in [0, 0.1) is 0 Å². The molecule has 90 valence electrons. The van der Waals surface area contributed by atoms with Crippen molar-refractivity contribution in [2.24, 2.45) is 0 Å². The Labute approximate surface area is 115 Å². The Morgan fingerprint density at radius 3 is 2.82 bits per heavy atom. The largest absolute Gasteiger partial charge is 0.246 e. The van der Waals surface area contributed by atoms with Gasteiger partial charge in [0.2, 0.25) is 0 Å². The summed E-state index contributed by atoms with van der Waals surface area (Å²) >= 11 is 5.34. The molecule has 1 heterocycles. The molecule has 0 radical (unpaired) electrons. The molecule has 0 N–H and O–H groups in total. The van der Waals surface area contributed by atoms with E-state index in [1.54, 1.807) is 11.3 Å². The maximum atomic E-state index is 4.72. The van der Waals surface area contributed by atoms with Crippen molar-refractivity contribution in [3.05, 3.63) is 50.4 Å². The summed E-state index contributed by atoms with van der Waals surface area (Å²) in [5, 5.41) is 3.40. The van der Waals surface area contributed by atoms with Crippen molar-refractivity contribution < 1.29 is 0 Å². The van der Waals surface area contributed by atoms with Crippen LogP contribution in [0.2, 0.25) is 0 Å². The van der Waals surface area contributed by atoms with Crippen molar-refractivity contribution in [3.63, 3.8) is 0 Å². The minimum atomic E-state index is 0.569. The number of hydrogen-bond donors (Lipinski definition) is 0. The van der Waals surface area contributed by atoms with Gasteiger partial charge in [-0.2, -0.15) is 0 Å².